The molecule has 2 atom stereocenters. The Balaban J connectivity index is 2.14. The van der Waals surface area contributed by atoms with Gasteiger partial charge in [0.1, 0.15) is 0 Å². The highest BCUT2D eigenvalue weighted by molar-refractivity contribution is 6.05. The molecule has 2 saturated heterocycles. The molecule has 0 spiro atoms. The maximum Gasteiger partial charge on any atom is 0.310 e. The van der Waals surface area contributed by atoms with E-state index in [0.29, 0.717) is 32.5 Å². The van der Waals surface area contributed by atoms with Crippen molar-refractivity contribution in [2.24, 2.45) is 5.41 Å². The van der Waals surface area contributed by atoms with Crippen molar-refractivity contribution in [3.63, 3.8) is 0 Å². The number of piperidine rings is 1. The summed E-state index contributed by atoms with van der Waals surface area (Å²) in [6, 6.07) is -0.463. The van der Waals surface area contributed by atoms with Crippen molar-refractivity contribution in [1.82, 2.24) is 9.80 Å². The van der Waals surface area contributed by atoms with Gasteiger partial charge in [0.25, 0.3) is 0 Å². The van der Waals surface area contributed by atoms with Crippen molar-refractivity contribution in [3.05, 3.63) is 0 Å². The Morgan fingerprint density at radius 2 is 2.10 bits per heavy atom. The molecule has 2 amide bonds. The van der Waals surface area contributed by atoms with Crippen molar-refractivity contribution < 1.29 is 19.5 Å². The number of hydrogen-bond acceptors (Lipinski definition) is 4. The van der Waals surface area contributed by atoms with Gasteiger partial charge in [-0.05, 0) is 32.2 Å². The van der Waals surface area contributed by atoms with Crippen LogP contribution in [0.25, 0.3) is 0 Å². The Morgan fingerprint density at radius 3 is 2.67 bits per heavy atom. The van der Waals surface area contributed by atoms with E-state index in [-0.39, 0.29) is 18.2 Å². The first kappa shape index (κ1) is 15.9. The van der Waals surface area contributed by atoms with Gasteiger partial charge in [0.05, 0.1) is 17.9 Å². The molecule has 0 aromatic heterocycles. The fourth-order valence-electron chi connectivity index (χ4n) is 3.46. The van der Waals surface area contributed by atoms with Gasteiger partial charge in [-0.3, -0.25) is 24.2 Å². The Bertz CT molecular complexity index is 451. The van der Waals surface area contributed by atoms with E-state index < -0.39 is 17.4 Å². The number of aliphatic carboxylic acids is 1. The SMILES string of the molecule is CCCN1C(=O)CC(N2CCCC(CC)(C(=O)O)C2)C1=O. The van der Waals surface area contributed by atoms with Gasteiger partial charge in [0.15, 0.2) is 0 Å². The second-order valence-corrected chi connectivity index (χ2v) is 6.12. The Hall–Kier alpha value is -1.43. The molecule has 21 heavy (non-hydrogen) atoms. The molecule has 6 heteroatoms. The second-order valence-electron chi connectivity index (χ2n) is 6.12. The number of imide groups is 1. The molecule has 2 fully saturated rings. The third kappa shape index (κ3) is 2.81. The molecular weight excluding hydrogens is 272 g/mol. The molecule has 6 nitrogen and oxygen atoms in total. The van der Waals surface area contributed by atoms with Gasteiger partial charge in [-0.1, -0.05) is 13.8 Å². The number of hydrogen-bond donors (Lipinski definition) is 1. The van der Waals surface area contributed by atoms with Crippen molar-refractivity contribution in [3.8, 4) is 0 Å². The molecule has 0 radical (unpaired) electrons. The number of amides is 2. The maximum absolute atomic E-state index is 12.4. The third-order valence-electron chi connectivity index (χ3n) is 4.84. The van der Waals surface area contributed by atoms with Crippen LogP contribution in [0.2, 0.25) is 0 Å². The van der Waals surface area contributed by atoms with Gasteiger partial charge in [0.2, 0.25) is 11.8 Å². The van der Waals surface area contributed by atoms with Gasteiger partial charge in [-0.15, -0.1) is 0 Å². The number of carbonyl (C=O) groups is 3. The fourth-order valence-corrected chi connectivity index (χ4v) is 3.46. The molecule has 2 aliphatic rings. The highest BCUT2D eigenvalue weighted by Gasteiger charge is 2.47. The first-order chi connectivity index (χ1) is 9.95. The fraction of sp³-hybridized carbons (Fsp3) is 0.800. The third-order valence-corrected chi connectivity index (χ3v) is 4.84. The summed E-state index contributed by atoms with van der Waals surface area (Å²) in [5.41, 5.74) is -0.778. The summed E-state index contributed by atoms with van der Waals surface area (Å²) in [6.45, 7) is 5.32. The smallest absolute Gasteiger partial charge is 0.310 e. The van der Waals surface area contributed by atoms with Gasteiger partial charge in [-0.2, -0.15) is 0 Å². The van der Waals surface area contributed by atoms with Crippen LogP contribution >= 0.6 is 0 Å². The van der Waals surface area contributed by atoms with Crippen molar-refractivity contribution in [1.29, 1.82) is 0 Å². The highest BCUT2D eigenvalue weighted by Crippen LogP contribution is 2.36. The molecule has 0 saturated carbocycles. The van der Waals surface area contributed by atoms with Crippen molar-refractivity contribution in [2.45, 2.75) is 52.0 Å². The molecular formula is C15H24N2O4. The predicted octanol–water partition coefficient (Wildman–Crippen LogP) is 1.10. The van der Waals surface area contributed by atoms with E-state index in [1.54, 1.807) is 0 Å². The minimum atomic E-state index is -0.795. The van der Waals surface area contributed by atoms with Gasteiger partial charge < -0.3 is 5.11 Å². The largest absolute Gasteiger partial charge is 0.481 e. The minimum absolute atomic E-state index is 0.130. The monoisotopic (exact) mass is 296 g/mol. The number of carboxylic acid groups (broad SMARTS) is 1. The normalized spacial score (nSPS) is 31.0. The van der Waals surface area contributed by atoms with Crippen LogP contribution < -0.4 is 0 Å². The van der Waals surface area contributed by atoms with Gasteiger partial charge in [-0.25, -0.2) is 0 Å². The molecule has 118 valence electrons. The number of nitrogens with zero attached hydrogens (tertiary/aromatic N) is 2. The predicted molar refractivity (Wildman–Crippen MR) is 76.6 cm³/mol. The quantitative estimate of drug-likeness (QED) is 0.769. The van der Waals surface area contributed by atoms with E-state index >= 15 is 0 Å². The van der Waals surface area contributed by atoms with Gasteiger partial charge in [0, 0.05) is 13.1 Å². The van der Waals surface area contributed by atoms with Crippen LogP contribution in [0.4, 0.5) is 0 Å². The van der Waals surface area contributed by atoms with E-state index in [0.717, 1.165) is 12.8 Å². The van der Waals surface area contributed by atoms with E-state index in [1.165, 1.54) is 4.90 Å². The standard InChI is InChI=1S/C15H24N2O4/c1-3-7-17-12(18)9-11(13(17)19)16-8-5-6-15(4-2,10-16)14(20)21/h11H,3-10H2,1-2H3,(H,20,21). The Kier molecular flexibility index (Phi) is 4.66. The van der Waals surface area contributed by atoms with E-state index in [1.807, 2.05) is 18.7 Å². The van der Waals surface area contributed by atoms with Crippen molar-refractivity contribution in [2.75, 3.05) is 19.6 Å². The number of likely N-dealkylation sites (tertiary alicyclic amines) is 2. The molecule has 0 aromatic carbocycles. The Morgan fingerprint density at radius 1 is 1.38 bits per heavy atom. The minimum Gasteiger partial charge on any atom is -0.481 e. The van der Waals surface area contributed by atoms with Crippen LogP contribution in [0.15, 0.2) is 0 Å². The van der Waals surface area contributed by atoms with Crippen LogP contribution in [-0.2, 0) is 14.4 Å². The molecule has 2 unspecified atom stereocenters. The molecule has 2 aliphatic heterocycles. The molecule has 2 heterocycles. The summed E-state index contributed by atoms with van der Waals surface area (Å²) < 4.78 is 0. The average molecular weight is 296 g/mol. The molecule has 0 aromatic rings. The molecule has 0 bridgehead atoms. The summed E-state index contributed by atoms with van der Waals surface area (Å²) in [4.78, 5) is 39.2. The first-order valence-corrected chi connectivity index (χ1v) is 7.77. The van der Waals surface area contributed by atoms with Crippen molar-refractivity contribution >= 4 is 17.8 Å². The topological polar surface area (TPSA) is 77.9 Å². The van der Waals surface area contributed by atoms with Crippen LogP contribution in [0, 0.1) is 5.41 Å². The summed E-state index contributed by atoms with van der Waals surface area (Å²) in [5, 5.41) is 9.51. The first-order valence-electron chi connectivity index (χ1n) is 7.77. The van der Waals surface area contributed by atoms with E-state index in [9.17, 15) is 19.5 Å². The lowest BCUT2D eigenvalue weighted by molar-refractivity contribution is -0.155. The van der Waals surface area contributed by atoms with Gasteiger partial charge >= 0.3 is 5.97 Å². The van der Waals surface area contributed by atoms with Crippen LogP contribution in [0.5, 0.6) is 0 Å². The number of rotatable bonds is 5. The maximum atomic E-state index is 12.4. The highest BCUT2D eigenvalue weighted by atomic mass is 16.4. The van der Waals surface area contributed by atoms with Crippen LogP contribution in [0.1, 0.15) is 46.0 Å². The number of carboxylic acids is 1. The Labute approximate surface area is 125 Å². The summed E-state index contributed by atoms with van der Waals surface area (Å²) in [5.74, 6) is -1.08. The summed E-state index contributed by atoms with van der Waals surface area (Å²) in [7, 11) is 0. The molecule has 2 rings (SSSR count). The zero-order valence-electron chi connectivity index (χ0n) is 12.8. The molecule has 0 aliphatic carbocycles. The van der Waals surface area contributed by atoms with Crippen LogP contribution in [0.3, 0.4) is 0 Å². The summed E-state index contributed by atoms with van der Waals surface area (Å²) in [6.07, 6.45) is 2.89. The second kappa shape index (κ2) is 6.13. The van der Waals surface area contributed by atoms with E-state index in [4.69, 9.17) is 0 Å². The lowest BCUT2D eigenvalue weighted by atomic mass is 9.77. The summed E-state index contributed by atoms with van der Waals surface area (Å²) >= 11 is 0. The number of carbonyl (C=O) groups excluding carboxylic acids is 2. The zero-order chi connectivity index (χ0) is 15.6. The average Bonchev–Trinajstić information content (AvgIpc) is 2.75. The molecule has 1 N–H and O–H groups in total. The van der Waals surface area contributed by atoms with E-state index in [2.05, 4.69) is 0 Å². The lowest BCUT2D eigenvalue weighted by Crippen LogP contribution is -2.53. The van der Waals surface area contributed by atoms with Crippen LogP contribution in [-0.4, -0.2) is 58.4 Å². The zero-order valence-corrected chi connectivity index (χ0v) is 12.8. The lowest BCUT2D eigenvalue weighted by Gasteiger charge is -2.41.